The van der Waals surface area contributed by atoms with E-state index in [4.69, 9.17) is 5.41 Å². The Bertz CT molecular complexity index is 786. The molecule has 22 heavy (non-hydrogen) atoms. The van der Waals surface area contributed by atoms with E-state index in [1.807, 2.05) is 13.1 Å². The minimum atomic E-state index is -0.0569. The Kier molecular flexibility index (Phi) is 3.84. The number of H-pyrrole nitrogens is 1. The van der Waals surface area contributed by atoms with Crippen molar-refractivity contribution < 1.29 is 0 Å². The van der Waals surface area contributed by atoms with Gasteiger partial charge in [-0.3, -0.25) is 0 Å². The molecule has 1 unspecified atom stereocenters. The Morgan fingerprint density at radius 2 is 1.86 bits per heavy atom. The van der Waals surface area contributed by atoms with Crippen LogP contribution in [0.4, 0.5) is 0 Å². The van der Waals surface area contributed by atoms with Gasteiger partial charge < -0.3 is 10.4 Å². The van der Waals surface area contributed by atoms with Crippen LogP contribution in [0.1, 0.15) is 31.4 Å². The zero-order chi connectivity index (χ0) is 15.6. The maximum Gasteiger partial charge on any atom is 0.0454 e. The first-order valence-electron chi connectivity index (χ1n) is 7.72. The molecule has 2 N–H and O–H groups in total. The van der Waals surface area contributed by atoms with Gasteiger partial charge in [-0.15, -0.1) is 0 Å². The summed E-state index contributed by atoms with van der Waals surface area (Å²) in [7, 11) is 0. The zero-order valence-corrected chi connectivity index (χ0v) is 13.2. The van der Waals surface area contributed by atoms with Crippen molar-refractivity contribution in [3.05, 3.63) is 71.9 Å². The van der Waals surface area contributed by atoms with Crippen LogP contribution in [-0.4, -0.2) is 10.7 Å². The summed E-state index contributed by atoms with van der Waals surface area (Å²) < 4.78 is 0. The largest absolute Gasteiger partial charge is 0.361 e. The Morgan fingerprint density at radius 3 is 2.59 bits per heavy atom. The van der Waals surface area contributed by atoms with E-state index in [9.17, 15) is 0 Å². The van der Waals surface area contributed by atoms with Crippen molar-refractivity contribution in [2.45, 2.75) is 32.1 Å². The predicted octanol–water partition coefficient (Wildman–Crippen LogP) is 5.10. The standard InChI is InChI=1S/C20H22N2/c1-15(21)13-20(2,14-16-6-4-3-5-7-16)18-8-9-19-17(12-18)10-11-22-19/h3-12,21-22H,13-14H2,1-2H3. The normalized spacial score (nSPS) is 13.9. The van der Waals surface area contributed by atoms with Crippen LogP contribution in [0, 0.1) is 5.41 Å². The summed E-state index contributed by atoms with van der Waals surface area (Å²) in [6.07, 6.45) is 3.70. The molecule has 1 atom stereocenters. The molecule has 0 aliphatic rings. The van der Waals surface area contributed by atoms with Crippen LogP contribution in [-0.2, 0) is 11.8 Å². The van der Waals surface area contributed by atoms with Crippen molar-refractivity contribution in [3.63, 3.8) is 0 Å². The van der Waals surface area contributed by atoms with Gasteiger partial charge in [0.05, 0.1) is 0 Å². The number of nitrogens with one attached hydrogen (secondary N) is 2. The minimum absolute atomic E-state index is 0.0569. The molecular weight excluding hydrogens is 268 g/mol. The number of rotatable bonds is 5. The van der Waals surface area contributed by atoms with Crippen molar-refractivity contribution >= 4 is 16.6 Å². The maximum atomic E-state index is 7.99. The Labute approximate surface area is 131 Å². The third-order valence-electron chi connectivity index (χ3n) is 4.34. The maximum absolute atomic E-state index is 7.99. The first kappa shape index (κ1) is 14.6. The molecule has 2 aromatic carbocycles. The smallest absolute Gasteiger partial charge is 0.0454 e. The Hall–Kier alpha value is -2.35. The van der Waals surface area contributed by atoms with E-state index in [-0.39, 0.29) is 5.41 Å². The van der Waals surface area contributed by atoms with Gasteiger partial charge in [-0.05, 0) is 54.5 Å². The van der Waals surface area contributed by atoms with E-state index >= 15 is 0 Å². The van der Waals surface area contributed by atoms with Crippen LogP contribution in [0.3, 0.4) is 0 Å². The summed E-state index contributed by atoms with van der Waals surface area (Å²) >= 11 is 0. The third kappa shape index (κ3) is 2.96. The molecule has 2 nitrogen and oxygen atoms in total. The summed E-state index contributed by atoms with van der Waals surface area (Å²) in [6.45, 7) is 4.17. The molecule has 1 heterocycles. The lowest BCUT2D eigenvalue weighted by Crippen LogP contribution is -2.27. The molecule has 1 aromatic heterocycles. The van der Waals surface area contributed by atoms with Crippen LogP contribution < -0.4 is 0 Å². The van der Waals surface area contributed by atoms with E-state index in [1.165, 1.54) is 16.5 Å². The molecule has 0 saturated heterocycles. The van der Waals surface area contributed by atoms with Gasteiger partial charge in [0, 0.05) is 22.8 Å². The van der Waals surface area contributed by atoms with Crippen LogP contribution in [0.15, 0.2) is 60.8 Å². The second-order valence-corrected chi connectivity index (χ2v) is 6.46. The summed E-state index contributed by atoms with van der Waals surface area (Å²) in [4.78, 5) is 3.25. The summed E-state index contributed by atoms with van der Waals surface area (Å²) in [6, 6.07) is 19.3. The molecule has 0 amide bonds. The second-order valence-electron chi connectivity index (χ2n) is 6.46. The highest BCUT2D eigenvalue weighted by molar-refractivity contribution is 5.82. The average molecular weight is 290 g/mol. The number of aromatic nitrogens is 1. The van der Waals surface area contributed by atoms with Crippen molar-refractivity contribution in [1.29, 1.82) is 5.41 Å². The van der Waals surface area contributed by atoms with Crippen LogP contribution in [0.5, 0.6) is 0 Å². The first-order chi connectivity index (χ1) is 10.6. The third-order valence-corrected chi connectivity index (χ3v) is 4.34. The summed E-state index contributed by atoms with van der Waals surface area (Å²) in [5.41, 5.74) is 4.46. The number of hydrogen-bond acceptors (Lipinski definition) is 1. The van der Waals surface area contributed by atoms with Crippen LogP contribution in [0.25, 0.3) is 10.9 Å². The lowest BCUT2D eigenvalue weighted by Gasteiger charge is -2.30. The predicted molar refractivity (Wildman–Crippen MR) is 93.8 cm³/mol. The van der Waals surface area contributed by atoms with Crippen molar-refractivity contribution in [3.8, 4) is 0 Å². The number of fused-ring (bicyclic) bond motifs is 1. The van der Waals surface area contributed by atoms with E-state index in [0.29, 0.717) is 0 Å². The van der Waals surface area contributed by atoms with Gasteiger partial charge in [-0.1, -0.05) is 43.3 Å². The van der Waals surface area contributed by atoms with Gasteiger partial charge in [-0.25, -0.2) is 0 Å². The highest BCUT2D eigenvalue weighted by Crippen LogP contribution is 2.33. The Balaban J connectivity index is 2.02. The SMILES string of the molecule is CC(=N)CC(C)(Cc1ccccc1)c1ccc2[nH]ccc2c1. The van der Waals surface area contributed by atoms with E-state index in [1.54, 1.807) is 0 Å². The molecule has 0 fully saturated rings. The monoisotopic (exact) mass is 290 g/mol. The highest BCUT2D eigenvalue weighted by atomic mass is 14.7. The van der Waals surface area contributed by atoms with Gasteiger partial charge in [0.25, 0.3) is 0 Å². The number of benzene rings is 2. The fraction of sp³-hybridized carbons (Fsp3) is 0.250. The van der Waals surface area contributed by atoms with Crippen molar-refractivity contribution in [1.82, 2.24) is 4.98 Å². The van der Waals surface area contributed by atoms with Crippen molar-refractivity contribution in [2.75, 3.05) is 0 Å². The molecule has 0 radical (unpaired) electrons. The topological polar surface area (TPSA) is 39.6 Å². The van der Waals surface area contributed by atoms with Gasteiger partial charge >= 0.3 is 0 Å². The molecular formula is C20H22N2. The molecule has 112 valence electrons. The molecule has 0 saturated carbocycles. The summed E-state index contributed by atoms with van der Waals surface area (Å²) in [5.74, 6) is 0. The van der Waals surface area contributed by atoms with Gasteiger partial charge in [-0.2, -0.15) is 0 Å². The van der Waals surface area contributed by atoms with Crippen molar-refractivity contribution in [2.24, 2.45) is 0 Å². The fourth-order valence-electron chi connectivity index (χ4n) is 3.33. The molecule has 0 aliphatic heterocycles. The molecule has 0 bridgehead atoms. The van der Waals surface area contributed by atoms with E-state index < -0.39 is 0 Å². The minimum Gasteiger partial charge on any atom is -0.361 e. The van der Waals surface area contributed by atoms with Crippen LogP contribution >= 0.6 is 0 Å². The molecule has 0 aliphatic carbocycles. The van der Waals surface area contributed by atoms with E-state index in [0.717, 1.165) is 24.1 Å². The van der Waals surface area contributed by atoms with Crippen LogP contribution in [0.2, 0.25) is 0 Å². The van der Waals surface area contributed by atoms with Gasteiger partial charge in [0.15, 0.2) is 0 Å². The summed E-state index contributed by atoms with van der Waals surface area (Å²) in [5, 5.41) is 9.23. The fourth-order valence-corrected chi connectivity index (χ4v) is 3.33. The van der Waals surface area contributed by atoms with E-state index in [2.05, 4.69) is 66.5 Å². The zero-order valence-electron chi connectivity index (χ0n) is 13.2. The molecule has 3 rings (SSSR count). The first-order valence-corrected chi connectivity index (χ1v) is 7.72. The lowest BCUT2D eigenvalue weighted by atomic mass is 9.73. The average Bonchev–Trinajstić information content (AvgIpc) is 2.94. The highest BCUT2D eigenvalue weighted by Gasteiger charge is 2.28. The second kappa shape index (κ2) is 5.80. The lowest BCUT2D eigenvalue weighted by molar-refractivity contribution is 0.487. The molecule has 2 heteroatoms. The molecule has 3 aromatic rings. The van der Waals surface area contributed by atoms with Gasteiger partial charge in [0.1, 0.15) is 0 Å². The van der Waals surface area contributed by atoms with Gasteiger partial charge in [0.2, 0.25) is 0 Å². The number of aromatic amines is 1. The molecule has 0 spiro atoms. The quantitative estimate of drug-likeness (QED) is 0.614. The Morgan fingerprint density at radius 1 is 1.09 bits per heavy atom. The number of hydrogen-bond donors (Lipinski definition) is 2.